The molecule has 1 amide bonds. The molecule has 0 radical (unpaired) electrons. The molecule has 0 aliphatic heterocycles. The molecule has 1 fully saturated rings. The first kappa shape index (κ1) is 15.0. The zero-order valence-corrected chi connectivity index (χ0v) is 12.4. The van der Waals surface area contributed by atoms with E-state index in [-0.39, 0.29) is 17.0 Å². The largest absolute Gasteiger partial charge is 0.348 e. The third-order valence-electron chi connectivity index (χ3n) is 3.90. The van der Waals surface area contributed by atoms with Crippen molar-refractivity contribution in [3.05, 3.63) is 27.1 Å². The molecule has 0 spiro atoms. The molecule has 0 saturated heterocycles. The second kappa shape index (κ2) is 6.83. The maximum Gasteiger partial charge on any atom is 0.324 e. The van der Waals surface area contributed by atoms with Gasteiger partial charge in [-0.25, -0.2) is 0 Å². The fourth-order valence-corrected chi connectivity index (χ4v) is 3.55. The summed E-state index contributed by atoms with van der Waals surface area (Å²) in [6.07, 6.45) is 6.88. The highest BCUT2D eigenvalue weighted by Crippen LogP contribution is 2.31. The summed E-state index contributed by atoms with van der Waals surface area (Å²) in [5.74, 6) is 0.394. The van der Waals surface area contributed by atoms with Crippen LogP contribution in [0.3, 0.4) is 0 Å². The number of carbonyl (C=O) groups is 1. The molecule has 1 aliphatic carbocycles. The van der Waals surface area contributed by atoms with Crippen molar-refractivity contribution in [3.63, 3.8) is 0 Å². The third kappa shape index (κ3) is 3.56. The van der Waals surface area contributed by atoms with Crippen LogP contribution in [0.25, 0.3) is 0 Å². The Kier molecular flexibility index (Phi) is 5.11. The summed E-state index contributed by atoms with van der Waals surface area (Å²) >= 11 is 0.940. The number of nitrogens with one attached hydrogen (secondary N) is 1. The number of rotatable bonds is 6. The minimum atomic E-state index is -0.457. The number of amides is 1. The molecule has 2 atom stereocenters. The van der Waals surface area contributed by atoms with E-state index in [0.29, 0.717) is 10.8 Å². The molecule has 1 N–H and O–H groups in total. The van der Waals surface area contributed by atoms with Gasteiger partial charge in [-0.2, -0.15) is 0 Å². The second-order valence-electron chi connectivity index (χ2n) is 5.31. The lowest BCUT2D eigenvalue weighted by Gasteiger charge is -2.20. The zero-order valence-electron chi connectivity index (χ0n) is 11.6. The number of hydrogen-bond donors (Lipinski definition) is 1. The molecule has 0 aromatic carbocycles. The molecule has 5 nitrogen and oxygen atoms in total. The Hall–Kier alpha value is -1.43. The van der Waals surface area contributed by atoms with Gasteiger partial charge >= 0.3 is 5.00 Å². The van der Waals surface area contributed by atoms with Gasteiger partial charge in [0.15, 0.2) is 0 Å². The van der Waals surface area contributed by atoms with E-state index in [1.165, 1.54) is 31.4 Å². The summed E-state index contributed by atoms with van der Waals surface area (Å²) in [5.41, 5.74) is 0. The number of unbranched alkanes of at least 4 members (excludes halogenated alkanes) is 1. The molecular formula is C14H20N2O3S. The lowest BCUT2D eigenvalue weighted by atomic mass is 9.97. The fourth-order valence-electron chi connectivity index (χ4n) is 2.83. The van der Waals surface area contributed by atoms with Gasteiger partial charge in [-0.1, -0.05) is 37.5 Å². The lowest BCUT2D eigenvalue weighted by molar-refractivity contribution is -0.380. The molecule has 1 aromatic rings. The van der Waals surface area contributed by atoms with Gasteiger partial charge in [-0.15, -0.1) is 0 Å². The van der Waals surface area contributed by atoms with Crippen molar-refractivity contribution in [1.29, 1.82) is 0 Å². The second-order valence-corrected chi connectivity index (χ2v) is 6.37. The van der Waals surface area contributed by atoms with Crippen molar-refractivity contribution < 1.29 is 9.72 Å². The Morgan fingerprint density at radius 1 is 1.50 bits per heavy atom. The first-order valence-electron chi connectivity index (χ1n) is 7.17. The van der Waals surface area contributed by atoms with Gasteiger partial charge in [-0.05, 0) is 31.2 Å². The number of carbonyl (C=O) groups excluding carboxylic acids is 1. The van der Waals surface area contributed by atoms with Crippen LogP contribution in [0, 0.1) is 16.0 Å². The average molecular weight is 296 g/mol. The van der Waals surface area contributed by atoms with Gasteiger partial charge in [0.25, 0.3) is 5.91 Å². The summed E-state index contributed by atoms with van der Waals surface area (Å²) in [7, 11) is 0. The summed E-state index contributed by atoms with van der Waals surface area (Å²) in [5, 5.41) is 13.7. The summed E-state index contributed by atoms with van der Waals surface area (Å²) in [4.78, 5) is 22.7. The summed E-state index contributed by atoms with van der Waals surface area (Å²) in [6, 6.07) is 3.16. The van der Waals surface area contributed by atoms with Gasteiger partial charge in [0.1, 0.15) is 0 Å². The standard InChI is InChI=1S/C14H20N2O3S/c1-2-3-5-10-6-4-7-11(10)15-14(17)12-8-9-13(20-12)16(18)19/h8-11H,2-7H2,1H3,(H,15,17). The van der Waals surface area contributed by atoms with E-state index in [1.54, 1.807) is 0 Å². The van der Waals surface area contributed by atoms with Gasteiger partial charge in [0.2, 0.25) is 0 Å². The molecule has 0 bridgehead atoms. The highest BCUT2D eigenvalue weighted by molar-refractivity contribution is 7.17. The predicted molar refractivity (Wildman–Crippen MR) is 79.1 cm³/mol. The van der Waals surface area contributed by atoms with E-state index in [0.717, 1.165) is 30.6 Å². The number of nitro groups is 1. The van der Waals surface area contributed by atoms with E-state index in [4.69, 9.17) is 0 Å². The molecule has 1 heterocycles. The Bertz CT molecular complexity index is 487. The number of nitrogens with zero attached hydrogens (tertiary/aromatic N) is 1. The van der Waals surface area contributed by atoms with Gasteiger partial charge in [0, 0.05) is 12.1 Å². The number of hydrogen-bond acceptors (Lipinski definition) is 4. The van der Waals surface area contributed by atoms with Crippen LogP contribution >= 0.6 is 11.3 Å². The van der Waals surface area contributed by atoms with E-state index < -0.39 is 4.92 Å². The van der Waals surface area contributed by atoms with Gasteiger partial charge in [0.05, 0.1) is 9.80 Å². The maximum absolute atomic E-state index is 12.1. The normalized spacial score (nSPS) is 21.9. The molecule has 1 aromatic heterocycles. The highest BCUT2D eigenvalue weighted by Gasteiger charge is 2.28. The highest BCUT2D eigenvalue weighted by atomic mass is 32.1. The summed E-state index contributed by atoms with van der Waals surface area (Å²) in [6.45, 7) is 2.17. The molecule has 2 unspecified atom stereocenters. The first-order valence-corrected chi connectivity index (χ1v) is 7.98. The van der Waals surface area contributed by atoms with Crippen LogP contribution in [0.2, 0.25) is 0 Å². The van der Waals surface area contributed by atoms with E-state index >= 15 is 0 Å². The Labute approximate surface area is 122 Å². The average Bonchev–Trinajstić information content (AvgIpc) is 3.05. The molecule has 20 heavy (non-hydrogen) atoms. The lowest BCUT2D eigenvalue weighted by Crippen LogP contribution is -2.36. The van der Waals surface area contributed by atoms with E-state index in [1.807, 2.05) is 0 Å². The molecule has 1 saturated carbocycles. The van der Waals surface area contributed by atoms with Crippen LogP contribution in [0.4, 0.5) is 5.00 Å². The van der Waals surface area contributed by atoms with Crippen LogP contribution < -0.4 is 5.32 Å². The van der Waals surface area contributed by atoms with Crippen molar-refractivity contribution in [3.8, 4) is 0 Å². The van der Waals surface area contributed by atoms with E-state index in [2.05, 4.69) is 12.2 Å². The molecular weight excluding hydrogens is 276 g/mol. The Morgan fingerprint density at radius 2 is 2.30 bits per heavy atom. The van der Waals surface area contributed by atoms with Crippen molar-refractivity contribution in [2.45, 2.75) is 51.5 Å². The maximum atomic E-state index is 12.1. The monoisotopic (exact) mass is 296 g/mol. The fraction of sp³-hybridized carbons (Fsp3) is 0.643. The van der Waals surface area contributed by atoms with Crippen LogP contribution in [-0.2, 0) is 0 Å². The first-order chi connectivity index (χ1) is 9.61. The molecule has 2 rings (SSSR count). The third-order valence-corrected chi connectivity index (χ3v) is 4.94. The van der Waals surface area contributed by atoms with Crippen LogP contribution in [-0.4, -0.2) is 16.9 Å². The number of thiophene rings is 1. The molecule has 110 valence electrons. The van der Waals surface area contributed by atoms with Crippen molar-refractivity contribution >= 4 is 22.2 Å². The van der Waals surface area contributed by atoms with Crippen LogP contribution in [0.15, 0.2) is 12.1 Å². The molecule has 6 heteroatoms. The van der Waals surface area contributed by atoms with E-state index in [9.17, 15) is 14.9 Å². The topological polar surface area (TPSA) is 72.2 Å². The quantitative estimate of drug-likeness (QED) is 0.642. The SMILES string of the molecule is CCCCC1CCCC1NC(=O)c1ccc([N+](=O)[O-])s1. The molecule has 1 aliphatic rings. The minimum Gasteiger partial charge on any atom is -0.348 e. The van der Waals surface area contributed by atoms with Crippen LogP contribution in [0.1, 0.15) is 55.1 Å². The smallest absolute Gasteiger partial charge is 0.324 e. The minimum absolute atomic E-state index is 0.0177. The predicted octanol–water partition coefficient (Wildman–Crippen LogP) is 3.75. The zero-order chi connectivity index (χ0) is 14.5. The summed E-state index contributed by atoms with van der Waals surface area (Å²) < 4.78 is 0. The van der Waals surface area contributed by atoms with Crippen molar-refractivity contribution in [2.75, 3.05) is 0 Å². The Morgan fingerprint density at radius 3 is 2.95 bits per heavy atom. The van der Waals surface area contributed by atoms with Crippen LogP contribution in [0.5, 0.6) is 0 Å². The van der Waals surface area contributed by atoms with Crippen molar-refractivity contribution in [2.24, 2.45) is 5.92 Å². The Balaban J connectivity index is 1.94. The van der Waals surface area contributed by atoms with Gasteiger partial charge in [-0.3, -0.25) is 14.9 Å². The van der Waals surface area contributed by atoms with Gasteiger partial charge < -0.3 is 5.32 Å². The van der Waals surface area contributed by atoms with Crippen molar-refractivity contribution in [1.82, 2.24) is 5.32 Å².